The molecule has 0 spiro atoms. The van der Waals surface area contributed by atoms with E-state index in [0.717, 1.165) is 35.5 Å². The Hall–Kier alpha value is -1.90. The molecule has 3 aromatic rings. The lowest BCUT2D eigenvalue weighted by Gasteiger charge is -2.26. The largest absolute Gasteiger partial charge is 0.628 e. The van der Waals surface area contributed by atoms with Crippen molar-refractivity contribution in [2.45, 2.75) is 19.4 Å². The average Bonchev–Trinajstić information content (AvgIpc) is 3.23. The van der Waals surface area contributed by atoms with E-state index in [0.29, 0.717) is 10.6 Å². The van der Waals surface area contributed by atoms with Crippen LogP contribution in [-0.4, -0.2) is 28.0 Å². The van der Waals surface area contributed by atoms with Crippen LogP contribution in [0, 0.1) is 10.4 Å². The number of hydrogen-bond acceptors (Lipinski definition) is 6. The van der Waals surface area contributed by atoms with Crippen molar-refractivity contribution in [3.8, 4) is 10.6 Å². The van der Waals surface area contributed by atoms with Gasteiger partial charge in [-0.1, -0.05) is 23.5 Å². The Balaban J connectivity index is 1.68. The zero-order valence-electron chi connectivity index (χ0n) is 13.1. The number of nitrogens with one attached hydrogen (secondary N) is 1. The van der Waals surface area contributed by atoms with Gasteiger partial charge in [0.05, 0.1) is 5.56 Å². The van der Waals surface area contributed by atoms with Gasteiger partial charge in [-0.15, -0.1) is 0 Å². The number of thiazole rings is 1. The van der Waals surface area contributed by atoms with Crippen molar-refractivity contribution in [3.63, 3.8) is 0 Å². The average molecular weight is 341 g/mol. The van der Waals surface area contributed by atoms with Crippen LogP contribution in [0.2, 0.25) is 0 Å². The summed E-state index contributed by atoms with van der Waals surface area (Å²) in [4.78, 5) is 12.4. The summed E-state index contributed by atoms with van der Waals surface area (Å²) in [7, 11) is 0. The molecule has 7 heteroatoms. The molecule has 0 atom stereocenters. The van der Waals surface area contributed by atoms with E-state index in [9.17, 15) is 10.4 Å². The SMILES string of the molecule is [O-][NH+]([O-])c1ccccc1-c1nc2cc(CN3CCCC3)cnc2s1. The fourth-order valence-corrected chi connectivity index (χ4v) is 4.04. The fourth-order valence-electron chi connectivity index (χ4n) is 3.11. The van der Waals surface area contributed by atoms with Crippen molar-refractivity contribution in [1.29, 1.82) is 0 Å². The number of aromatic nitrogens is 2. The molecule has 1 saturated heterocycles. The first-order chi connectivity index (χ1) is 11.7. The molecule has 1 fully saturated rings. The third kappa shape index (κ3) is 3.04. The maximum atomic E-state index is 11.3. The Bertz CT molecular complexity index is 859. The standard InChI is InChI=1S/C17H17N4O2S/c22-21(23)15-6-2-1-5-13(15)16-19-14-9-12(10-18-17(14)24-16)11-20-7-3-4-8-20/h1-2,5-6,9-10,21H,3-4,7-8,11H2/q-1. The summed E-state index contributed by atoms with van der Waals surface area (Å²) in [6, 6.07) is 8.85. The molecule has 0 saturated carbocycles. The van der Waals surface area contributed by atoms with Gasteiger partial charge in [-0.3, -0.25) is 4.90 Å². The molecule has 0 unspecified atom stereocenters. The molecule has 3 heterocycles. The van der Waals surface area contributed by atoms with E-state index in [1.54, 1.807) is 24.3 Å². The maximum absolute atomic E-state index is 11.3. The summed E-state index contributed by atoms with van der Waals surface area (Å²) in [6.45, 7) is 3.17. The van der Waals surface area contributed by atoms with E-state index in [-0.39, 0.29) is 5.69 Å². The molecule has 0 bridgehead atoms. The smallest absolute Gasteiger partial charge is 0.143 e. The van der Waals surface area contributed by atoms with Gasteiger partial charge >= 0.3 is 0 Å². The van der Waals surface area contributed by atoms with Crippen LogP contribution in [0.15, 0.2) is 36.5 Å². The van der Waals surface area contributed by atoms with E-state index in [1.165, 1.54) is 24.2 Å². The predicted molar refractivity (Wildman–Crippen MR) is 94.7 cm³/mol. The lowest BCUT2D eigenvalue weighted by molar-refractivity contribution is -0.714. The fraction of sp³-hybridized carbons (Fsp3) is 0.294. The van der Waals surface area contributed by atoms with E-state index < -0.39 is 5.23 Å². The molecule has 1 aromatic carbocycles. The number of rotatable bonds is 4. The molecule has 1 aliphatic heterocycles. The Morgan fingerprint density at radius 1 is 1.17 bits per heavy atom. The Morgan fingerprint density at radius 2 is 1.96 bits per heavy atom. The first-order valence-electron chi connectivity index (χ1n) is 7.99. The Kier molecular flexibility index (Phi) is 4.26. The first kappa shape index (κ1) is 15.6. The highest BCUT2D eigenvalue weighted by molar-refractivity contribution is 7.21. The van der Waals surface area contributed by atoms with Crippen LogP contribution in [0.4, 0.5) is 5.69 Å². The van der Waals surface area contributed by atoms with Gasteiger partial charge in [0.2, 0.25) is 0 Å². The van der Waals surface area contributed by atoms with E-state index in [1.807, 2.05) is 6.20 Å². The van der Waals surface area contributed by atoms with Gasteiger partial charge in [0.25, 0.3) is 0 Å². The summed E-state index contributed by atoms with van der Waals surface area (Å²) >= 11 is 1.41. The molecule has 1 N–H and O–H groups in total. The van der Waals surface area contributed by atoms with Crippen LogP contribution in [0.5, 0.6) is 0 Å². The third-order valence-electron chi connectivity index (χ3n) is 4.29. The minimum Gasteiger partial charge on any atom is -0.628 e. The topological polar surface area (TPSA) is 79.6 Å². The summed E-state index contributed by atoms with van der Waals surface area (Å²) in [6.07, 6.45) is 4.42. The number of hydrogen-bond donors (Lipinski definition) is 1. The number of likely N-dealkylation sites (tertiary alicyclic amines) is 1. The monoisotopic (exact) mass is 341 g/mol. The maximum Gasteiger partial charge on any atom is 0.143 e. The minimum atomic E-state index is -1.19. The molecule has 0 amide bonds. The number of quaternary nitrogens is 1. The van der Waals surface area contributed by atoms with Gasteiger partial charge < -0.3 is 15.6 Å². The second-order valence-electron chi connectivity index (χ2n) is 6.00. The summed E-state index contributed by atoms with van der Waals surface area (Å²) in [5.74, 6) is 0. The van der Waals surface area contributed by atoms with Crippen molar-refractivity contribution >= 4 is 27.4 Å². The molecule has 6 nitrogen and oxygen atoms in total. The summed E-state index contributed by atoms with van der Waals surface area (Å²) < 4.78 is 0. The Morgan fingerprint density at radius 3 is 2.75 bits per heavy atom. The molecule has 24 heavy (non-hydrogen) atoms. The molecular formula is C17H17N4O2S-. The number of benzene rings is 1. The van der Waals surface area contributed by atoms with Gasteiger partial charge in [-0.2, -0.15) is 0 Å². The highest BCUT2D eigenvalue weighted by Gasteiger charge is 2.15. The number of fused-ring (bicyclic) bond motifs is 1. The lowest BCUT2D eigenvalue weighted by Crippen LogP contribution is -2.96. The van der Waals surface area contributed by atoms with Gasteiger partial charge in [0, 0.05) is 18.8 Å². The van der Waals surface area contributed by atoms with Crippen molar-refractivity contribution < 1.29 is 5.23 Å². The van der Waals surface area contributed by atoms with Gasteiger partial charge in [0.1, 0.15) is 21.0 Å². The van der Waals surface area contributed by atoms with Crippen LogP contribution in [-0.2, 0) is 6.54 Å². The summed E-state index contributed by atoms with van der Waals surface area (Å²) in [5, 5.41) is 22.1. The third-order valence-corrected chi connectivity index (χ3v) is 5.30. The van der Waals surface area contributed by atoms with Crippen LogP contribution in [0.1, 0.15) is 18.4 Å². The molecule has 4 rings (SSSR count). The molecular weight excluding hydrogens is 324 g/mol. The number of pyridine rings is 1. The molecule has 0 radical (unpaired) electrons. The van der Waals surface area contributed by atoms with E-state index >= 15 is 0 Å². The molecule has 0 aliphatic carbocycles. The highest BCUT2D eigenvalue weighted by atomic mass is 32.1. The zero-order chi connectivity index (χ0) is 16.5. The van der Waals surface area contributed by atoms with Crippen LogP contribution in [0.25, 0.3) is 20.9 Å². The molecule has 2 aromatic heterocycles. The van der Waals surface area contributed by atoms with Gasteiger partial charge in [-0.25, -0.2) is 9.97 Å². The highest BCUT2D eigenvalue weighted by Crippen LogP contribution is 2.32. The minimum absolute atomic E-state index is 0.161. The molecule has 124 valence electrons. The lowest BCUT2D eigenvalue weighted by atomic mass is 10.2. The van der Waals surface area contributed by atoms with E-state index in [4.69, 9.17) is 0 Å². The second kappa shape index (κ2) is 6.54. The van der Waals surface area contributed by atoms with Crippen LogP contribution >= 0.6 is 11.3 Å². The Labute approximate surface area is 143 Å². The van der Waals surface area contributed by atoms with Crippen LogP contribution < -0.4 is 5.23 Å². The van der Waals surface area contributed by atoms with Crippen molar-refractivity contribution in [3.05, 3.63) is 52.5 Å². The van der Waals surface area contributed by atoms with Crippen molar-refractivity contribution in [2.75, 3.05) is 13.1 Å². The second-order valence-corrected chi connectivity index (χ2v) is 6.98. The summed E-state index contributed by atoms with van der Waals surface area (Å²) in [5.41, 5.74) is 2.71. The van der Waals surface area contributed by atoms with Gasteiger partial charge in [-0.05, 0) is 43.6 Å². The quantitative estimate of drug-likeness (QED) is 0.738. The molecule has 1 aliphatic rings. The predicted octanol–water partition coefficient (Wildman–Crippen LogP) is 2.47. The van der Waals surface area contributed by atoms with E-state index in [2.05, 4.69) is 20.9 Å². The number of nitrogens with zero attached hydrogens (tertiary/aromatic N) is 3. The van der Waals surface area contributed by atoms with Crippen LogP contribution in [0.3, 0.4) is 0 Å². The zero-order valence-corrected chi connectivity index (χ0v) is 13.9. The first-order valence-corrected chi connectivity index (χ1v) is 8.81. The van der Waals surface area contributed by atoms with Crippen molar-refractivity contribution in [1.82, 2.24) is 14.9 Å². The normalized spacial score (nSPS) is 15.6. The van der Waals surface area contributed by atoms with Gasteiger partial charge in [0.15, 0.2) is 0 Å². The van der Waals surface area contributed by atoms with Crippen molar-refractivity contribution in [2.24, 2.45) is 0 Å².